The molecule has 1 heterocycles. The van der Waals surface area contributed by atoms with Crippen LogP contribution in [0, 0.1) is 11.7 Å². The van der Waals surface area contributed by atoms with Crippen LogP contribution >= 0.6 is 31.9 Å². The summed E-state index contributed by atoms with van der Waals surface area (Å²) in [7, 11) is 1.47. The maximum absolute atomic E-state index is 14.2. The van der Waals surface area contributed by atoms with Gasteiger partial charge in [-0.15, -0.1) is 0 Å². The molecule has 1 aliphatic rings. The number of benzene rings is 1. The molecular weight excluding hydrogens is 471 g/mol. The highest BCUT2D eigenvalue weighted by Crippen LogP contribution is 2.29. The third-order valence-electron chi connectivity index (χ3n) is 4.21. The molecule has 1 saturated carbocycles. The minimum atomic E-state index is -0.421. The van der Waals surface area contributed by atoms with Gasteiger partial charge in [0.05, 0.1) is 11.1 Å². The SMILES string of the molecule is Cn1nc(C(=O)COCC2CC2)c(Cc2ccc(Br)cc2F)c(Br)c1=O. The Morgan fingerprint density at radius 1 is 1.38 bits per heavy atom. The number of ether oxygens (including phenoxy) is 1. The Morgan fingerprint density at radius 3 is 2.77 bits per heavy atom. The van der Waals surface area contributed by atoms with Crippen LogP contribution in [0.25, 0.3) is 0 Å². The molecule has 0 unspecified atom stereocenters. The number of rotatable bonds is 7. The average molecular weight is 488 g/mol. The molecule has 0 aliphatic heterocycles. The van der Waals surface area contributed by atoms with Gasteiger partial charge in [-0.25, -0.2) is 9.07 Å². The number of carbonyl (C=O) groups excluding carboxylic acids is 1. The van der Waals surface area contributed by atoms with Gasteiger partial charge < -0.3 is 4.74 Å². The summed E-state index contributed by atoms with van der Waals surface area (Å²) in [5.74, 6) is -0.205. The number of ketones is 1. The Balaban J connectivity index is 1.92. The molecular formula is C18H17Br2FN2O3. The van der Waals surface area contributed by atoms with Gasteiger partial charge in [0, 0.05) is 23.5 Å². The highest BCUT2D eigenvalue weighted by atomic mass is 79.9. The fraction of sp³-hybridized carbons (Fsp3) is 0.389. The van der Waals surface area contributed by atoms with E-state index in [1.54, 1.807) is 12.1 Å². The van der Waals surface area contributed by atoms with Crippen molar-refractivity contribution < 1.29 is 13.9 Å². The molecule has 1 aromatic carbocycles. The monoisotopic (exact) mass is 486 g/mol. The van der Waals surface area contributed by atoms with E-state index in [-0.39, 0.29) is 34.5 Å². The molecule has 0 atom stereocenters. The van der Waals surface area contributed by atoms with E-state index >= 15 is 0 Å². The number of aromatic nitrogens is 2. The molecule has 0 spiro atoms. The highest BCUT2D eigenvalue weighted by Gasteiger charge is 2.24. The van der Waals surface area contributed by atoms with Crippen molar-refractivity contribution in [3.05, 3.63) is 60.1 Å². The minimum Gasteiger partial charge on any atom is -0.373 e. The molecule has 0 bridgehead atoms. The van der Waals surface area contributed by atoms with Crippen molar-refractivity contribution in [2.45, 2.75) is 19.3 Å². The Kier molecular flexibility index (Phi) is 6.04. The lowest BCUT2D eigenvalue weighted by atomic mass is 10.0. The zero-order chi connectivity index (χ0) is 18.8. The van der Waals surface area contributed by atoms with Crippen LogP contribution in [0.2, 0.25) is 0 Å². The van der Waals surface area contributed by atoms with Crippen LogP contribution in [-0.4, -0.2) is 28.8 Å². The molecule has 3 rings (SSSR count). The molecule has 0 N–H and O–H groups in total. The van der Waals surface area contributed by atoms with E-state index in [2.05, 4.69) is 37.0 Å². The second-order valence-electron chi connectivity index (χ2n) is 6.36. The van der Waals surface area contributed by atoms with Gasteiger partial charge in [0.1, 0.15) is 18.1 Å². The van der Waals surface area contributed by atoms with Crippen LogP contribution in [0.3, 0.4) is 0 Å². The summed E-state index contributed by atoms with van der Waals surface area (Å²) in [6, 6.07) is 4.67. The molecule has 1 aromatic heterocycles. The lowest BCUT2D eigenvalue weighted by molar-refractivity contribution is 0.0731. The van der Waals surface area contributed by atoms with E-state index in [4.69, 9.17) is 4.74 Å². The van der Waals surface area contributed by atoms with E-state index in [1.807, 2.05) is 0 Å². The third-order valence-corrected chi connectivity index (χ3v) is 5.52. The molecule has 0 saturated heterocycles. The highest BCUT2D eigenvalue weighted by molar-refractivity contribution is 9.10. The van der Waals surface area contributed by atoms with Crippen LogP contribution in [0.1, 0.15) is 34.5 Å². The summed E-state index contributed by atoms with van der Waals surface area (Å²) in [6.07, 6.45) is 2.34. The van der Waals surface area contributed by atoms with Gasteiger partial charge >= 0.3 is 0 Å². The van der Waals surface area contributed by atoms with Gasteiger partial charge in [-0.3, -0.25) is 9.59 Å². The van der Waals surface area contributed by atoms with Crippen molar-refractivity contribution in [2.24, 2.45) is 13.0 Å². The van der Waals surface area contributed by atoms with E-state index < -0.39 is 5.82 Å². The topological polar surface area (TPSA) is 61.2 Å². The number of hydrogen-bond acceptors (Lipinski definition) is 4. The third kappa shape index (κ3) is 4.47. The first-order valence-electron chi connectivity index (χ1n) is 8.17. The van der Waals surface area contributed by atoms with Crippen LogP contribution < -0.4 is 5.56 Å². The Bertz CT molecular complexity index is 910. The standard InChI is InChI=1S/C18H17Br2FN2O3/c1-23-18(25)16(20)13(6-11-4-5-12(19)7-14(11)21)17(22-23)15(24)9-26-8-10-2-3-10/h4-5,7,10H,2-3,6,8-9H2,1H3. The Morgan fingerprint density at radius 2 is 2.12 bits per heavy atom. The molecule has 26 heavy (non-hydrogen) atoms. The smallest absolute Gasteiger partial charge is 0.281 e. The van der Waals surface area contributed by atoms with Crippen LogP contribution in [-0.2, 0) is 18.2 Å². The molecule has 138 valence electrons. The summed E-state index contributed by atoms with van der Waals surface area (Å²) in [5, 5.41) is 4.10. The number of nitrogens with zero attached hydrogens (tertiary/aromatic N) is 2. The first-order chi connectivity index (χ1) is 12.4. The molecule has 0 amide bonds. The van der Waals surface area contributed by atoms with Gasteiger partial charge in [-0.1, -0.05) is 22.0 Å². The van der Waals surface area contributed by atoms with Crippen molar-refractivity contribution in [1.82, 2.24) is 9.78 Å². The molecule has 2 aromatic rings. The maximum Gasteiger partial charge on any atom is 0.281 e. The predicted octanol–water partition coefficient (Wildman–Crippen LogP) is 3.64. The lowest BCUT2D eigenvalue weighted by Crippen LogP contribution is -2.27. The van der Waals surface area contributed by atoms with E-state index in [1.165, 1.54) is 13.1 Å². The summed E-state index contributed by atoms with van der Waals surface area (Å²) in [5.41, 5.74) is 0.483. The Hall–Kier alpha value is -1.38. The van der Waals surface area contributed by atoms with Crippen molar-refractivity contribution in [2.75, 3.05) is 13.2 Å². The summed E-state index contributed by atoms with van der Waals surface area (Å²) >= 11 is 6.46. The molecule has 5 nitrogen and oxygen atoms in total. The first kappa shape index (κ1) is 19.4. The first-order valence-corrected chi connectivity index (χ1v) is 9.76. The zero-order valence-corrected chi connectivity index (χ0v) is 17.3. The summed E-state index contributed by atoms with van der Waals surface area (Å²) < 4.78 is 21.6. The maximum atomic E-state index is 14.2. The van der Waals surface area contributed by atoms with Crippen LogP contribution in [0.4, 0.5) is 4.39 Å². The summed E-state index contributed by atoms with van der Waals surface area (Å²) in [4.78, 5) is 24.8. The van der Waals surface area contributed by atoms with E-state index in [0.717, 1.165) is 17.5 Å². The zero-order valence-electron chi connectivity index (χ0n) is 14.1. The number of Topliss-reactive ketones (excluding diaryl/α,β-unsaturated/α-hetero) is 1. The van der Waals surface area contributed by atoms with Crippen molar-refractivity contribution >= 4 is 37.6 Å². The quantitative estimate of drug-likeness (QED) is 0.559. The lowest BCUT2D eigenvalue weighted by Gasteiger charge is -2.12. The van der Waals surface area contributed by atoms with Crippen LogP contribution in [0.15, 0.2) is 31.9 Å². The summed E-state index contributed by atoms with van der Waals surface area (Å²) in [6.45, 7) is 0.444. The molecule has 0 radical (unpaired) electrons. The van der Waals surface area contributed by atoms with Gasteiger partial charge in [0.25, 0.3) is 5.56 Å². The van der Waals surface area contributed by atoms with Gasteiger partial charge in [0.15, 0.2) is 0 Å². The Labute approximate surface area is 166 Å². The van der Waals surface area contributed by atoms with E-state index in [0.29, 0.717) is 28.1 Å². The van der Waals surface area contributed by atoms with Gasteiger partial charge in [-0.05, 0) is 52.4 Å². The molecule has 8 heteroatoms. The average Bonchev–Trinajstić information content (AvgIpc) is 3.41. The van der Waals surface area contributed by atoms with Gasteiger partial charge in [-0.2, -0.15) is 5.10 Å². The van der Waals surface area contributed by atoms with Crippen molar-refractivity contribution in [3.63, 3.8) is 0 Å². The van der Waals surface area contributed by atoms with Crippen molar-refractivity contribution in [1.29, 1.82) is 0 Å². The fourth-order valence-electron chi connectivity index (χ4n) is 2.54. The second kappa shape index (κ2) is 8.10. The minimum absolute atomic E-state index is 0.0759. The largest absolute Gasteiger partial charge is 0.373 e. The molecule has 1 fully saturated rings. The van der Waals surface area contributed by atoms with E-state index in [9.17, 15) is 14.0 Å². The van der Waals surface area contributed by atoms with Crippen LogP contribution in [0.5, 0.6) is 0 Å². The molecule has 1 aliphatic carbocycles. The normalized spacial score (nSPS) is 13.8. The number of carbonyl (C=O) groups is 1. The fourth-order valence-corrected chi connectivity index (χ4v) is 3.46. The number of hydrogen-bond donors (Lipinski definition) is 0. The number of aryl methyl sites for hydroxylation is 1. The number of halogens is 3. The second-order valence-corrected chi connectivity index (χ2v) is 8.07. The predicted molar refractivity (Wildman–Crippen MR) is 102 cm³/mol. The van der Waals surface area contributed by atoms with Crippen molar-refractivity contribution in [3.8, 4) is 0 Å². The van der Waals surface area contributed by atoms with Gasteiger partial charge in [0.2, 0.25) is 5.78 Å².